The summed E-state index contributed by atoms with van der Waals surface area (Å²) in [5.41, 5.74) is 10.1. The maximum absolute atomic E-state index is 9.52. The Kier molecular flexibility index (Phi) is 8.18. The lowest BCUT2D eigenvalue weighted by Gasteiger charge is -2.28. The van der Waals surface area contributed by atoms with Gasteiger partial charge in [-0.15, -0.1) is 0 Å². The minimum absolute atomic E-state index is 0.0403. The number of hydrogen-bond donors (Lipinski definition) is 2. The van der Waals surface area contributed by atoms with Gasteiger partial charge in [-0.05, 0) is 61.6 Å². The highest BCUT2D eigenvalue weighted by atomic mass is 16.3. The van der Waals surface area contributed by atoms with Crippen molar-refractivity contribution in [2.75, 3.05) is 6.61 Å². The molecule has 140 valence electrons. The van der Waals surface area contributed by atoms with Crippen molar-refractivity contribution < 1.29 is 5.11 Å². The smallest absolute Gasteiger partial charge is 0.0608 e. The summed E-state index contributed by atoms with van der Waals surface area (Å²) < 4.78 is 0. The van der Waals surface area contributed by atoms with Gasteiger partial charge in [0.05, 0.1) is 6.61 Å². The van der Waals surface area contributed by atoms with Crippen molar-refractivity contribution in [3.05, 3.63) is 47.0 Å². The van der Waals surface area contributed by atoms with Crippen molar-refractivity contribution in [2.24, 2.45) is 5.73 Å². The Morgan fingerprint density at radius 1 is 1.12 bits per heavy atom. The molecule has 2 atom stereocenters. The average molecular weight is 344 g/mol. The van der Waals surface area contributed by atoms with E-state index in [1.54, 1.807) is 0 Å². The fourth-order valence-corrected chi connectivity index (χ4v) is 3.92. The minimum atomic E-state index is -0.503. The Labute approximate surface area is 154 Å². The molecule has 0 saturated carbocycles. The Morgan fingerprint density at radius 3 is 2.64 bits per heavy atom. The van der Waals surface area contributed by atoms with Crippen molar-refractivity contribution in [3.63, 3.8) is 0 Å². The van der Waals surface area contributed by atoms with Gasteiger partial charge in [-0.3, -0.25) is 0 Å². The van der Waals surface area contributed by atoms with Crippen LogP contribution in [-0.4, -0.2) is 17.3 Å². The first-order valence-corrected chi connectivity index (χ1v) is 10.2. The molecule has 1 aliphatic carbocycles. The monoisotopic (exact) mass is 343 g/mol. The molecule has 0 aromatic heterocycles. The van der Waals surface area contributed by atoms with E-state index in [0.29, 0.717) is 5.92 Å². The van der Waals surface area contributed by atoms with Gasteiger partial charge in [0.1, 0.15) is 0 Å². The largest absolute Gasteiger partial charge is 0.394 e. The zero-order chi connectivity index (χ0) is 18.1. The van der Waals surface area contributed by atoms with Crippen LogP contribution in [0.15, 0.2) is 30.4 Å². The number of allylic oxidation sites excluding steroid dienone is 2. The Balaban J connectivity index is 1.97. The lowest BCUT2D eigenvalue weighted by atomic mass is 9.82. The van der Waals surface area contributed by atoms with Crippen LogP contribution in [0.2, 0.25) is 0 Å². The molecule has 25 heavy (non-hydrogen) atoms. The van der Waals surface area contributed by atoms with Crippen LogP contribution < -0.4 is 5.73 Å². The molecule has 1 aliphatic rings. The third-order valence-electron chi connectivity index (χ3n) is 5.47. The fourth-order valence-electron chi connectivity index (χ4n) is 3.92. The van der Waals surface area contributed by atoms with Crippen LogP contribution in [0, 0.1) is 0 Å². The van der Waals surface area contributed by atoms with Crippen LogP contribution in [0.1, 0.15) is 87.8 Å². The first-order chi connectivity index (χ1) is 12.1. The predicted molar refractivity (Wildman–Crippen MR) is 108 cm³/mol. The molecule has 0 spiro atoms. The molecule has 0 amide bonds. The summed E-state index contributed by atoms with van der Waals surface area (Å²) in [4.78, 5) is 0. The van der Waals surface area contributed by atoms with Gasteiger partial charge >= 0.3 is 0 Å². The lowest BCUT2D eigenvalue weighted by Crippen LogP contribution is -2.41. The van der Waals surface area contributed by atoms with Gasteiger partial charge in [0.2, 0.25) is 0 Å². The summed E-state index contributed by atoms with van der Waals surface area (Å²) in [7, 11) is 0. The molecule has 0 bridgehead atoms. The van der Waals surface area contributed by atoms with Crippen molar-refractivity contribution >= 4 is 0 Å². The van der Waals surface area contributed by atoms with E-state index >= 15 is 0 Å². The molecule has 0 fully saturated rings. The number of benzene rings is 1. The first kappa shape index (κ1) is 20.2. The van der Waals surface area contributed by atoms with E-state index in [0.717, 1.165) is 19.3 Å². The highest BCUT2D eigenvalue weighted by molar-refractivity contribution is 5.38. The molecular formula is C23H37NO. The molecule has 0 unspecified atom stereocenters. The van der Waals surface area contributed by atoms with Gasteiger partial charge in [0.25, 0.3) is 0 Å². The zero-order valence-corrected chi connectivity index (χ0v) is 16.3. The predicted octanol–water partition coefficient (Wildman–Crippen LogP) is 5.28. The average Bonchev–Trinajstić information content (AvgIpc) is 2.79. The SMILES string of the molecule is CCCCCCCCc1ccc2c(c1)CC=CC[C@@H]2C[C@](C)(N)CO. The van der Waals surface area contributed by atoms with E-state index < -0.39 is 5.54 Å². The normalized spacial score (nSPS) is 19.3. The van der Waals surface area contributed by atoms with E-state index in [4.69, 9.17) is 5.73 Å². The number of fused-ring (bicyclic) bond motifs is 1. The van der Waals surface area contributed by atoms with E-state index in [9.17, 15) is 5.11 Å². The van der Waals surface area contributed by atoms with E-state index in [-0.39, 0.29) is 6.61 Å². The zero-order valence-electron chi connectivity index (χ0n) is 16.3. The number of unbranched alkanes of at least 4 members (excludes halogenated alkanes) is 5. The van der Waals surface area contributed by atoms with Gasteiger partial charge in [0, 0.05) is 5.54 Å². The molecule has 1 aromatic carbocycles. The van der Waals surface area contributed by atoms with E-state index in [1.807, 2.05) is 6.92 Å². The highest BCUT2D eigenvalue weighted by Crippen LogP contribution is 2.34. The Hall–Kier alpha value is -1.12. The number of aryl methyl sites for hydroxylation is 1. The summed E-state index contributed by atoms with van der Waals surface area (Å²) in [5.74, 6) is 0.416. The lowest BCUT2D eigenvalue weighted by molar-refractivity contribution is 0.192. The third kappa shape index (κ3) is 6.60. The molecule has 1 aromatic rings. The van der Waals surface area contributed by atoms with Gasteiger partial charge in [-0.2, -0.15) is 0 Å². The molecular weight excluding hydrogens is 306 g/mol. The Bertz CT molecular complexity index is 547. The van der Waals surface area contributed by atoms with Crippen molar-refractivity contribution in [3.8, 4) is 0 Å². The molecule has 0 radical (unpaired) electrons. The van der Waals surface area contributed by atoms with Crippen molar-refractivity contribution in [1.82, 2.24) is 0 Å². The van der Waals surface area contributed by atoms with Gasteiger partial charge in [-0.1, -0.05) is 69.4 Å². The van der Waals surface area contributed by atoms with Crippen LogP contribution in [0.5, 0.6) is 0 Å². The second kappa shape index (κ2) is 10.1. The van der Waals surface area contributed by atoms with Gasteiger partial charge in [0.15, 0.2) is 0 Å². The minimum Gasteiger partial charge on any atom is -0.394 e. The van der Waals surface area contributed by atoms with E-state index in [1.165, 1.54) is 61.6 Å². The molecule has 2 rings (SSSR count). The quantitative estimate of drug-likeness (QED) is 0.449. The summed E-state index contributed by atoms with van der Waals surface area (Å²) in [6, 6.07) is 7.06. The molecule has 0 heterocycles. The van der Waals surface area contributed by atoms with Crippen molar-refractivity contribution in [1.29, 1.82) is 0 Å². The number of rotatable bonds is 10. The van der Waals surface area contributed by atoms with Crippen LogP contribution in [0.4, 0.5) is 0 Å². The Morgan fingerprint density at radius 2 is 1.88 bits per heavy atom. The topological polar surface area (TPSA) is 46.2 Å². The van der Waals surface area contributed by atoms with Gasteiger partial charge < -0.3 is 10.8 Å². The number of hydrogen-bond acceptors (Lipinski definition) is 2. The third-order valence-corrected chi connectivity index (χ3v) is 5.47. The second-order valence-corrected chi connectivity index (χ2v) is 8.18. The number of nitrogens with two attached hydrogens (primary N) is 1. The van der Waals surface area contributed by atoms with Crippen LogP contribution in [0.25, 0.3) is 0 Å². The van der Waals surface area contributed by atoms with Crippen molar-refractivity contribution in [2.45, 2.75) is 89.5 Å². The van der Waals surface area contributed by atoms with Crippen LogP contribution in [-0.2, 0) is 12.8 Å². The summed E-state index contributed by atoms with van der Waals surface area (Å²) in [5, 5.41) is 9.52. The maximum Gasteiger partial charge on any atom is 0.0608 e. The van der Waals surface area contributed by atoms with Gasteiger partial charge in [-0.25, -0.2) is 0 Å². The first-order valence-electron chi connectivity index (χ1n) is 10.2. The fraction of sp³-hybridized carbons (Fsp3) is 0.652. The maximum atomic E-state index is 9.52. The number of aliphatic hydroxyl groups is 1. The molecule has 0 aliphatic heterocycles. The standard InChI is InChI=1S/C23H37NO/c1-3-4-5-6-7-8-11-19-14-15-22-20(16-19)12-9-10-13-21(22)17-23(2,24)18-25/h9-10,14-16,21,25H,3-8,11-13,17-18,24H2,1-2H3/t21-,23+/m1/s1. The second-order valence-electron chi connectivity index (χ2n) is 8.18. The number of aliphatic hydroxyl groups excluding tert-OH is 1. The summed E-state index contributed by atoms with van der Waals surface area (Å²) >= 11 is 0. The highest BCUT2D eigenvalue weighted by Gasteiger charge is 2.25. The molecule has 2 nitrogen and oxygen atoms in total. The molecule has 0 saturated heterocycles. The summed E-state index contributed by atoms with van der Waals surface area (Å²) in [6.45, 7) is 4.26. The van der Waals surface area contributed by atoms with Crippen LogP contribution >= 0.6 is 0 Å². The molecule has 2 heteroatoms. The van der Waals surface area contributed by atoms with E-state index in [2.05, 4.69) is 37.3 Å². The van der Waals surface area contributed by atoms with Crippen LogP contribution in [0.3, 0.4) is 0 Å². The molecule has 3 N–H and O–H groups in total. The summed E-state index contributed by atoms with van der Waals surface area (Å²) in [6.07, 6.45) is 16.7.